The summed E-state index contributed by atoms with van der Waals surface area (Å²) in [7, 11) is 0. The van der Waals surface area contributed by atoms with E-state index in [2.05, 4.69) is 25.7 Å². The first-order chi connectivity index (χ1) is 6.60. The van der Waals surface area contributed by atoms with Crippen molar-refractivity contribution in [2.24, 2.45) is 17.1 Å². The monoisotopic (exact) mass is 200 g/mol. The largest absolute Gasteiger partial charge is 0.381 e. The number of ether oxygens (including phenoxy) is 1. The van der Waals surface area contributed by atoms with Gasteiger partial charge in [0.25, 0.3) is 0 Å². The second-order valence-electron chi connectivity index (χ2n) is 4.87. The Balaban J connectivity index is 2.42. The van der Waals surface area contributed by atoms with Crippen LogP contribution < -0.4 is 5.73 Å². The third kappa shape index (κ3) is 2.94. The van der Waals surface area contributed by atoms with E-state index in [1.807, 2.05) is 0 Å². The van der Waals surface area contributed by atoms with Crippen LogP contribution >= 0.6 is 0 Å². The van der Waals surface area contributed by atoms with Crippen molar-refractivity contribution in [3.63, 3.8) is 0 Å². The van der Waals surface area contributed by atoms with Crippen LogP contribution in [0, 0.1) is 11.3 Å². The molecule has 3 heteroatoms. The van der Waals surface area contributed by atoms with Crippen LogP contribution in [0.4, 0.5) is 0 Å². The van der Waals surface area contributed by atoms with E-state index in [0.717, 1.165) is 39.4 Å². The lowest BCUT2D eigenvalue weighted by Crippen LogP contribution is -2.28. The highest BCUT2D eigenvalue weighted by atomic mass is 16.5. The van der Waals surface area contributed by atoms with Gasteiger partial charge in [-0.1, -0.05) is 13.8 Å². The number of nitrogens with two attached hydrogens (primary N) is 1. The van der Waals surface area contributed by atoms with Crippen LogP contribution in [0.25, 0.3) is 0 Å². The molecule has 0 radical (unpaired) electrons. The lowest BCUT2D eigenvalue weighted by molar-refractivity contribution is 0.0797. The molecule has 1 unspecified atom stereocenters. The van der Waals surface area contributed by atoms with Gasteiger partial charge in [0.05, 0.1) is 6.61 Å². The second-order valence-corrected chi connectivity index (χ2v) is 4.87. The summed E-state index contributed by atoms with van der Waals surface area (Å²) in [6.07, 6.45) is 0. The van der Waals surface area contributed by atoms with Crippen LogP contribution in [-0.4, -0.2) is 44.3 Å². The third-order valence-corrected chi connectivity index (χ3v) is 3.18. The van der Waals surface area contributed by atoms with Crippen molar-refractivity contribution in [3.05, 3.63) is 0 Å². The van der Waals surface area contributed by atoms with E-state index < -0.39 is 0 Å². The molecule has 0 aromatic carbocycles. The fourth-order valence-corrected chi connectivity index (χ4v) is 2.22. The van der Waals surface area contributed by atoms with Crippen LogP contribution in [0.15, 0.2) is 0 Å². The van der Waals surface area contributed by atoms with Gasteiger partial charge in [0.1, 0.15) is 0 Å². The Labute approximate surface area is 87.6 Å². The summed E-state index contributed by atoms with van der Waals surface area (Å²) in [5, 5.41) is 0. The summed E-state index contributed by atoms with van der Waals surface area (Å²) in [6.45, 7) is 12.5. The van der Waals surface area contributed by atoms with Gasteiger partial charge in [-0.2, -0.15) is 0 Å². The van der Waals surface area contributed by atoms with E-state index in [-0.39, 0.29) is 0 Å². The molecular weight excluding hydrogens is 176 g/mol. The van der Waals surface area contributed by atoms with Gasteiger partial charge in [-0.25, -0.2) is 0 Å². The van der Waals surface area contributed by atoms with Crippen LogP contribution in [0.1, 0.15) is 20.8 Å². The molecule has 14 heavy (non-hydrogen) atoms. The van der Waals surface area contributed by atoms with Gasteiger partial charge >= 0.3 is 0 Å². The minimum atomic E-state index is 0.379. The molecule has 0 spiro atoms. The van der Waals surface area contributed by atoms with E-state index in [1.165, 1.54) is 0 Å². The Kier molecular flexibility index (Phi) is 4.35. The summed E-state index contributed by atoms with van der Waals surface area (Å²) in [6, 6.07) is 0. The Morgan fingerprint density at radius 1 is 1.50 bits per heavy atom. The first-order valence-electron chi connectivity index (χ1n) is 5.60. The first kappa shape index (κ1) is 12.0. The third-order valence-electron chi connectivity index (χ3n) is 3.18. The Morgan fingerprint density at radius 2 is 2.21 bits per heavy atom. The molecule has 0 bridgehead atoms. The summed E-state index contributed by atoms with van der Waals surface area (Å²) >= 11 is 0. The SMILES string of the molecule is CCOCC1CN(CCN)CC1(C)C. The molecule has 0 aromatic rings. The average Bonchev–Trinajstić information content (AvgIpc) is 2.38. The normalized spacial score (nSPS) is 27.0. The highest BCUT2D eigenvalue weighted by Gasteiger charge is 2.38. The van der Waals surface area contributed by atoms with Gasteiger partial charge in [0.2, 0.25) is 0 Å². The standard InChI is InChI=1S/C11H24N2O/c1-4-14-8-10-7-13(6-5-12)9-11(10,2)3/h10H,4-9,12H2,1-3H3. The van der Waals surface area contributed by atoms with Gasteiger partial charge in [0.15, 0.2) is 0 Å². The topological polar surface area (TPSA) is 38.5 Å². The molecular formula is C11H24N2O. The molecule has 0 amide bonds. The maximum absolute atomic E-state index is 5.57. The van der Waals surface area contributed by atoms with Gasteiger partial charge in [-0.3, -0.25) is 0 Å². The maximum Gasteiger partial charge on any atom is 0.0511 e. The lowest BCUT2D eigenvalue weighted by Gasteiger charge is -2.25. The highest BCUT2D eigenvalue weighted by Crippen LogP contribution is 2.34. The summed E-state index contributed by atoms with van der Waals surface area (Å²) < 4.78 is 5.52. The zero-order valence-corrected chi connectivity index (χ0v) is 9.75. The number of rotatable bonds is 5. The maximum atomic E-state index is 5.57. The Bertz CT molecular complexity index is 171. The average molecular weight is 200 g/mol. The molecule has 1 aliphatic rings. The predicted octanol–water partition coefficient (Wildman–Crippen LogP) is 0.940. The molecule has 1 atom stereocenters. The summed E-state index contributed by atoms with van der Waals surface area (Å²) in [5.41, 5.74) is 5.95. The molecule has 1 rings (SSSR count). The van der Waals surface area contributed by atoms with E-state index >= 15 is 0 Å². The molecule has 0 aromatic heterocycles. The molecule has 2 N–H and O–H groups in total. The molecule has 1 aliphatic heterocycles. The molecule has 3 nitrogen and oxygen atoms in total. The van der Waals surface area contributed by atoms with Crippen LogP contribution in [0.5, 0.6) is 0 Å². The van der Waals surface area contributed by atoms with Gasteiger partial charge < -0.3 is 15.4 Å². The van der Waals surface area contributed by atoms with Gasteiger partial charge in [0, 0.05) is 38.7 Å². The van der Waals surface area contributed by atoms with Crippen molar-refractivity contribution in [3.8, 4) is 0 Å². The quantitative estimate of drug-likeness (QED) is 0.718. The predicted molar refractivity (Wildman–Crippen MR) is 59.3 cm³/mol. The Morgan fingerprint density at radius 3 is 2.79 bits per heavy atom. The van der Waals surface area contributed by atoms with Crippen LogP contribution in [0.3, 0.4) is 0 Å². The van der Waals surface area contributed by atoms with Crippen molar-refractivity contribution in [1.82, 2.24) is 4.90 Å². The fourth-order valence-electron chi connectivity index (χ4n) is 2.22. The highest BCUT2D eigenvalue weighted by molar-refractivity contribution is 4.90. The molecule has 1 heterocycles. The Hall–Kier alpha value is -0.120. The van der Waals surface area contributed by atoms with Crippen molar-refractivity contribution >= 4 is 0 Å². The lowest BCUT2D eigenvalue weighted by atomic mass is 9.83. The minimum Gasteiger partial charge on any atom is -0.381 e. The summed E-state index contributed by atoms with van der Waals surface area (Å²) in [5.74, 6) is 0.661. The van der Waals surface area contributed by atoms with Crippen molar-refractivity contribution in [2.75, 3.05) is 39.4 Å². The van der Waals surface area contributed by atoms with E-state index in [1.54, 1.807) is 0 Å². The second kappa shape index (κ2) is 5.10. The molecule has 0 saturated carbocycles. The van der Waals surface area contributed by atoms with Crippen molar-refractivity contribution in [2.45, 2.75) is 20.8 Å². The fraction of sp³-hybridized carbons (Fsp3) is 1.00. The molecule has 84 valence electrons. The van der Waals surface area contributed by atoms with E-state index in [4.69, 9.17) is 10.5 Å². The minimum absolute atomic E-state index is 0.379. The summed E-state index contributed by atoms with van der Waals surface area (Å²) in [4.78, 5) is 2.45. The van der Waals surface area contributed by atoms with E-state index in [0.29, 0.717) is 11.3 Å². The zero-order valence-electron chi connectivity index (χ0n) is 9.75. The molecule has 0 aliphatic carbocycles. The number of hydrogen-bond acceptors (Lipinski definition) is 3. The number of nitrogens with zero attached hydrogens (tertiary/aromatic N) is 1. The number of hydrogen-bond donors (Lipinski definition) is 1. The van der Waals surface area contributed by atoms with Crippen LogP contribution in [-0.2, 0) is 4.74 Å². The van der Waals surface area contributed by atoms with Crippen molar-refractivity contribution in [1.29, 1.82) is 0 Å². The molecule has 1 saturated heterocycles. The van der Waals surface area contributed by atoms with Crippen LogP contribution in [0.2, 0.25) is 0 Å². The molecule has 1 fully saturated rings. The van der Waals surface area contributed by atoms with Gasteiger partial charge in [-0.05, 0) is 12.3 Å². The smallest absolute Gasteiger partial charge is 0.0511 e. The van der Waals surface area contributed by atoms with Gasteiger partial charge in [-0.15, -0.1) is 0 Å². The van der Waals surface area contributed by atoms with E-state index in [9.17, 15) is 0 Å². The van der Waals surface area contributed by atoms with Crippen molar-refractivity contribution < 1.29 is 4.74 Å². The number of likely N-dealkylation sites (tertiary alicyclic amines) is 1. The first-order valence-corrected chi connectivity index (χ1v) is 5.60. The zero-order chi connectivity index (χ0) is 10.6.